The van der Waals surface area contributed by atoms with Crippen LogP contribution in [0.15, 0.2) is 22.7 Å². The van der Waals surface area contributed by atoms with E-state index in [1.807, 2.05) is 42.7 Å². The van der Waals surface area contributed by atoms with Crippen molar-refractivity contribution in [2.24, 2.45) is 0 Å². The minimum absolute atomic E-state index is 0.115. The summed E-state index contributed by atoms with van der Waals surface area (Å²) in [6.07, 6.45) is 0.748. The van der Waals surface area contributed by atoms with Gasteiger partial charge in [0.25, 0.3) is 0 Å². The molecule has 1 fully saturated rings. The summed E-state index contributed by atoms with van der Waals surface area (Å²) >= 11 is 7.34. The average molecular weight is 364 g/mol. The maximum absolute atomic E-state index is 13.9. The molecule has 1 saturated heterocycles. The largest absolute Gasteiger partial charge is 0.316 e. The lowest BCUT2D eigenvalue weighted by Gasteiger charge is -2.34. The van der Waals surface area contributed by atoms with E-state index in [0.29, 0.717) is 16.5 Å². The Bertz CT molecular complexity index is 430. The van der Waals surface area contributed by atoms with Gasteiger partial charge in [-0.25, -0.2) is 4.39 Å². The van der Waals surface area contributed by atoms with Crippen molar-refractivity contribution < 1.29 is 4.39 Å². The Balaban J connectivity index is 2.09. The van der Waals surface area contributed by atoms with Crippen LogP contribution in [0.5, 0.6) is 0 Å². The number of benzene rings is 1. The lowest BCUT2D eigenvalue weighted by Crippen LogP contribution is -2.44. The molecule has 3 unspecified atom stereocenters. The van der Waals surface area contributed by atoms with Gasteiger partial charge in [0.15, 0.2) is 0 Å². The first-order valence-electron chi connectivity index (χ1n) is 6.46. The van der Waals surface area contributed by atoms with Crippen molar-refractivity contribution in [2.75, 3.05) is 18.6 Å². The molecule has 106 valence electrons. The van der Waals surface area contributed by atoms with Crippen LogP contribution in [0.1, 0.15) is 12.5 Å². The van der Waals surface area contributed by atoms with Gasteiger partial charge in [-0.15, -0.1) is 0 Å². The van der Waals surface area contributed by atoms with E-state index in [9.17, 15) is 4.39 Å². The minimum Gasteiger partial charge on any atom is -0.316 e. The summed E-state index contributed by atoms with van der Waals surface area (Å²) in [4.78, 5) is 0. The number of nitrogens with one attached hydrogen (secondary N) is 1. The maximum atomic E-state index is 13.9. The number of thioether (sulfide) groups is 2. The van der Waals surface area contributed by atoms with Crippen molar-refractivity contribution in [3.63, 3.8) is 0 Å². The molecule has 0 saturated carbocycles. The Hall–Kier alpha value is 0.290. The number of likely N-dealkylation sites (N-methyl/N-ethyl adjacent to an activating group) is 1. The summed E-state index contributed by atoms with van der Waals surface area (Å²) in [5, 5.41) is 4.55. The van der Waals surface area contributed by atoms with Crippen LogP contribution in [-0.4, -0.2) is 35.1 Å². The second kappa shape index (κ2) is 7.34. The lowest BCUT2D eigenvalue weighted by atomic mass is 10.0. The molecule has 0 radical (unpaired) electrons. The van der Waals surface area contributed by atoms with E-state index >= 15 is 0 Å². The van der Waals surface area contributed by atoms with Crippen LogP contribution < -0.4 is 5.32 Å². The van der Waals surface area contributed by atoms with Gasteiger partial charge in [0.1, 0.15) is 5.82 Å². The molecule has 1 nitrogen and oxygen atoms in total. The fourth-order valence-corrected chi connectivity index (χ4v) is 5.73. The third-order valence-corrected chi connectivity index (χ3v) is 7.20. The second-order valence-corrected chi connectivity index (χ2v) is 8.43. The van der Waals surface area contributed by atoms with E-state index in [0.717, 1.165) is 16.5 Å². The zero-order valence-electron chi connectivity index (χ0n) is 11.2. The standard InChI is InChI=1S/C14H19BrFNS2/c1-9-14(19-6-5-18-9)13(17-2)7-10-3-4-11(15)8-12(10)16/h3-4,8-9,13-14,17H,5-7H2,1-2H3. The highest BCUT2D eigenvalue weighted by Crippen LogP contribution is 2.34. The molecule has 0 aromatic heterocycles. The van der Waals surface area contributed by atoms with Crippen molar-refractivity contribution in [2.45, 2.75) is 29.9 Å². The molecule has 1 heterocycles. The van der Waals surface area contributed by atoms with Gasteiger partial charge in [0.2, 0.25) is 0 Å². The van der Waals surface area contributed by atoms with E-state index in [2.05, 4.69) is 28.2 Å². The molecule has 1 N–H and O–H groups in total. The number of rotatable bonds is 4. The van der Waals surface area contributed by atoms with Gasteiger partial charge in [-0.1, -0.05) is 28.9 Å². The summed E-state index contributed by atoms with van der Waals surface area (Å²) in [6, 6.07) is 5.67. The Kier molecular flexibility index (Phi) is 6.06. The van der Waals surface area contributed by atoms with Crippen molar-refractivity contribution in [3.8, 4) is 0 Å². The summed E-state index contributed by atoms with van der Waals surface area (Å²) < 4.78 is 14.7. The number of hydrogen-bond donors (Lipinski definition) is 1. The average Bonchev–Trinajstić information content (AvgIpc) is 2.39. The molecule has 2 rings (SSSR count). The van der Waals surface area contributed by atoms with Crippen LogP contribution in [0, 0.1) is 5.82 Å². The highest BCUT2D eigenvalue weighted by atomic mass is 79.9. The Morgan fingerprint density at radius 2 is 2.16 bits per heavy atom. The van der Waals surface area contributed by atoms with Gasteiger partial charge in [-0.2, -0.15) is 23.5 Å². The zero-order chi connectivity index (χ0) is 13.8. The van der Waals surface area contributed by atoms with Crippen LogP contribution in [0.25, 0.3) is 0 Å². The summed E-state index contributed by atoms with van der Waals surface area (Å²) in [6.45, 7) is 2.28. The zero-order valence-corrected chi connectivity index (χ0v) is 14.4. The van der Waals surface area contributed by atoms with Gasteiger partial charge >= 0.3 is 0 Å². The fraction of sp³-hybridized carbons (Fsp3) is 0.571. The minimum atomic E-state index is -0.115. The molecule has 0 amide bonds. The van der Waals surface area contributed by atoms with Crippen molar-refractivity contribution in [3.05, 3.63) is 34.1 Å². The van der Waals surface area contributed by atoms with E-state index in [-0.39, 0.29) is 5.82 Å². The van der Waals surface area contributed by atoms with Crippen LogP contribution in [0.3, 0.4) is 0 Å². The quantitative estimate of drug-likeness (QED) is 0.869. The highest BCUT2D eigenvalue weighted by molar-refractivity contribution is 9.10. The molecule has 3 atom stereocenters. The van der Waals surface area contributed by atoms with Gasteiger partial charge in [0, 0.05) is 32.5 Å². The van der Waals surface area contributed by atoms with Crippen LogP contribution in [0.2, 0.25) is 0 Å². The fourth-order valence-electron chi connectivity index (χ4n) is 2.40. The van der Waals surface area contributed by atoms with E-state index in [1.54, 1.807) is 6.07 Å². The summed E-state index contributed by atoms with van der Waals surface area (Å²) in [5.74, 6) is 2.31. The van der Waals surface area contributed by atoms with Crippen LogP contribution >= 0.6 is 39.5 Å². The van der Waals surface area contributed by atoms with Gasteiger partial charge in [-0.05, 0) is 31.2 Å². The summed E-state index contributed by atoms with van der Waals surface area (Å²) in [5.41, 5.74) is 0.797. The third-order valence-electron chi connectivity index (χ3n) is 3.46. The molecule has 0 bridgehead atoms. The van der Waals surface area contributed by atoms with Gasteiger partial charge in [0.05, 0.1) is 0 Å². The van der Waals surface area contributed by atoms with E-state index in [1.165, 1.54) is 11.5 Å². The molecule has 0 spiro atoms. The molecular formula is C14H19BrFNS2. The second-order valence-electron chi connectivity index (χ2n) is 4.75. The normalized spacial score (nSPS) is 25.3. The Labute approximate surface area is 131 Å². The maximum Gasteiger partial charge on any atom is 0.127 e. The van der Waals surface area contributed by atoms with E-state index < -0.39 is 0 Å². The Morgan fingerprint density at radius 3 is 2.79 bits per heavy atom. The van der Waals surface area contributed by atoms with E-state index in [4.69, 9.17) is 0 Å². The predicted octanol–water partition coefficient (Wildman–Crippen LogP) is 3.96. The SMILES string of the molecule is CNC(Cc1ccc(Br)cc1F)C1SCCSC1C. The van der Waals surface area contributed by atoms with Crippen molar-refractivity contribution in [1.82, 2.24) is 5.32 Å². The summed E-state index contributed by atoms with van der Waals surface area (Å²) in [7, 11) is 1.98. The van der Waals surface area contributed by atoms with Crippen molar-refractivity contribution in [1.29, 1.82) is 0 Å². The molecule has 0 aliphatic carbocycles. The Morgan fingerprint density at radius 1 is 1.42 bits per heavy atom. The molecule has 1 aromatic carbocycles. The number of hydrogen-bond acceptors (Lipinski definition) is 3. The highest BCUT2D eigenvalue weighted by Gasteiger charge is 2.30. The monoisotopic (exact) mass is 363 g/mol. The van der Waals surface area contributed by atoms with Crippen LogP contribution in [0.4, 0.5) is 4.39 Å². The van der Waals surface area contributed by atoms with Gasteiger partial charge in [-0.3, -0.25) is 0 Å². The third kappa shape index (κ3) is 4.13. The van der Waals surface area contributed by atoms with Crippen LogP contribution in [-0.2, 0) is 6.42 Å². The van der Waals surface area contributed by atoms with Crippen molar-refractivity contribution >= 4 is 39.5 Å². The molecular weight excluding hydrogens is 345 g/mol. The molecule has 1 aliphatic rings. The predicted molar refractivity (Wildman–Crippen MR) is 88.8 cm³/mol. The first-order chi connectivity index (χ1) is 9.11. The smallest absolute Gasteiger partial charge is 0.127 e. The molecule has 5 heteroatoms. The number of halogens is 2. The molecule has 1 aliphatic heterocycles. The molecule has 19 heavy (non-hydrogen) atoms. The first-order valence-corrected chi connectivity index (χ1v) is 9.35. The first kappa shape index (κ1) is 15.7. The molecule has 1 aromatic rings. The topological polar surface area (TPSA) is 12.0 Å². The lowest BCUT2D eigenvalue weighted by molar-refractivity contribution is 0.513. The van der Waals surface area contributed by atoms with Gasteiger partial charge < -0.3 is 5.32 Å².